The van der Waals surface area contributed by atoms with Crippen LogP contribution in [0.25, 0.3) is 10.4 Å². The van der Waals surface area contributed by atoms with Crippen LogP contribution in [-0.4, -0.2) is 28.3 Å². The summed E-state index contributed by atoms with van der Waals surface area (Å²) >= 11 is 0. The van der Waals surface area contributed by atoms with Crippen LogP contribution in [0, 0.1) is 5.92 Å². The van der Waals surface area contributed by atoms with Crippen molar-refractivity contribution in [1.29, 1.82) is 0 Å². The van der Waals surface area contributed by atoms with Gasteiger partial charge in [-0.3, -0.25) is 4.79 Å². The molecule has 1 aliphatic carbocycles. The Bertz CT molecular complexity index is 249. The summed E-state index contributed by atoms with van der Waals surface area (Å²) < 4.78 is 0. The van der Waals surface area contributed by atoms with Crippen LogP contribution in [0.2, 0.25) is 0 Å². The largest absolute Gasteiger partial charge is 0.481 e. The Labute approximate surface area is 74.8 Å². The first-order chi connectivity index (χ1) is 6.13. The molecule has 3 atom stereocenters. The smallest absolute Gasteiger partial charge is 0.303 e. The number of rotatable bonds is 3. The molecule has 6 nitrogen and oxygen atoms in total. The maximum Gasteiger partial charge on any atom is 0.303 e. The number of aliphatic hydroxyl groups excluding tert-OH is 1. The Morgan fingerprint density at radius 1 is 1.62 bits per heavy atom. The maximum absolute atomic E-state index is 10.4. The molecule has 0 bridgehead atoms. The van der Waals surface area contributed by atoms with Crippen molar-refractivity contribution in [3.05, 3.63) is 10.4 Å². The molecule has 1 fully saturated rings. The van der Waals surface area contributed by atoms with Gasteiger partial charge in [-0.1, -0.05) is 5.11 Å². The monoisotopic (exact) mass is 185 g/mol. The number of carboxylic acid groups (broad SMARTS) is 1. The fraction of sp³-hybridized carbons (Fsp3) is 0.857. The topological polar surface area (TPSA) is 106 Å². The zero-order valence-electron chi connectivity index (χ0n) is 7.00. The van der Waals surface area contributed by atoms with E-state index in [9.17, 15) is 9.90 Å². The van der Waals surface area contributed by atoms with Crippen molar-refractivity contribution >= 4 is 5.97 Å². The second-order valence-electron chi connectivity index (χ2n) is 3.26. The fourth-order valence-corrected chi connectivity index (χ4v) is 1.68. The summed E-state index contributed by atoms with van der Waals surface area (Å²) in [5.74, 6) is -1.20. The van der Waals surface area contributed by atoms with Crippen LogP contribution in [0.1, 0.15) is 19.3 Å². The molecule has 0 spiro atoms. The van der Waals surface area contributed by atoms with Gasteiger partial charge in [0.15, 0.2) is 0 Å². The average molecular weight is 185 g/mol. The Kier molecular flexibility index (Phi) is 3.11. The lowest BCUT2D eigenvalue weighted by atomic mass is 10.0. The first-order valence-electron chi connectivity index (χ1n) is 4.07. The number of nitrogens with zero attached hydrogens (tertiary/aromatic N) is 3. The molecule has 13 heavy (non-hydrogen) atoms. The number of hydrogen-bond acceptors (Lipinski definition) is 3. The molecule has 0 aromatic heterocycles. The summed E-state index contributed by atoms with van der Waals surface area (Å²) in [6.07, 6.45) is 0.143. The number of azide groups is 1. The predicted molar refractivity (Wildman–Crippen MR) is 43.9 cm³/mol. The van der Waals surface area contributed by atoms with Gasteiger partial charge in [0.05, 0.1) is 12.5 Å². The van der Waals surface area contributed by atoms with Gasteiger partial charge in [0.2, 0.25) is 0 Å². The number of carbonyl (C=O) groups is 1. The van der Waals surface area contributed by atoms with E-state index in [1.807, 2.05) is 0 Å². The maximum atomic E-state index is 10.4. The normalized spacial score (nSPS) is 32.5. The third-order valence-electron chi connectivity index (χ3n) is 2.28. The Morgan fingerprint density at radius 3 is 2.85 bits per heavy atom. The van der Waals surface area contributed by atoms with E-state index in [-0.39, 0.29) is 18.4 Å². The summed E-state index contributed by atoms with van der Waals surface area (Å²) in [5, 5.41) is 21.3. The van der Waals surface area contributed by atoms with Crippen molar-refractivity contribution in [2.45, 2.75) is 31.4 Å². The van der Waals surface area contributed by atoms with Crippen LogP contribution in [-0.2, 0) is 4.79 Å². The van der Waals surface area contributed by atoms with Gasteiger partial charge in [0, 0.05) is 11.0 Å². The quantitative estimate of drug-likeness (QED) is 0.387. The van der Waals surface area contributed by atoms with Crippen LogP contribution in [0.5, 0.6) is 0 Å². The molecule has 1 aliphatic rings. The Morgan fingerprint density at radius 2 is 2.31 bits per heavy atom. The minimum Gasteiger partial charge on any atom is -0.481 e. The third-order valence-corrected chi connectivity index (χ3v) is 2.28. The molecule has 1 rings (SSSR count). The van der Waals surface area contributed by atoms with E-state index in [2.05, 4.69) is 10.0 Å². The standard InChI is InChI=1S/C7H11N3O3/c8-10-9-5-1-4(2-7(12)13)6(11)3-5/h4-6,11H,1-3H2,(H,12,13). The average Bonchev–Trinajstić information content (AvgIpc) is 2.31. The van der Waals surface area contributed by atoms with E-state index in [0.29, 0.717) is 12.8 Å². The molecular weight excluding hydrogens is 174 g/mol. The van der Waals surface area contributed by atoms with Gasteiger partial charge in [-0.05, 0) is 24.3 Å². The van der Waals surface area contributed by atoms with Crippen LogP contribution in [0.15, 0.2) is 5.11 Å². The lowest BCUT2D eigenvalue weighted by Gasteiger charge is -2.09. The zero-order valence-corrected chi connectivity index (χ0v) is 7.00. The number of hydrogen-bond donors (Lipinski definition) is 2. The molecule has 1 saturated carbocycles. The molecule has 0 aliphatic heterocycles. The van der Waals surface area contributed by atoms with Gasteiger partial charge in [0.1, 0.15) is 0 Å². The van der Waals surface area contributed by atoms with Crippen LogP contribution >= 0.6 is 0 Å². The minimum absolute atomic E-state index is 0.0569. The van der Waals surface area contributed by atoms with Crippen LogP contribution < -0.4 is 0 Å². The molecule has 0 amide bonds. The fourth-order valence-electron chi connectivity index (χ4n) is 1.68. The van der Waals surface area contributed by atoms with E-state index in [1.165, 1.54) is 0 Å². The highest BCUT2D eigenvalue weighted by molar-refractivity contribution is 5.67. The van der Waals surface area contributed by atoms with E-state index < -0.39 is 12.1 Å². The molecule has 0 heterocycles. The van der Waals surface area contributed by atoms with Crippen molar-refractivity contribution in [3.63, 3.8) is 0 Å². The van der Waals surface area contributed by atoms with Crippen LogP contribution in [0.4, 0.5) is 0 Å². The lowest BCUT2D eigenvalue weighted by molar-refractivity contribution is -0.138. The molecule has 0 aromatic rings. The highest BCUT2D eigenvalue weighted by Crippen LogP contribution is 2.30. The molecule has 0 saturated heterocycles. The van der Waals surface area contributed by atoms with Gasteiger partial charge in [0.25, 0.3) is 0 Å². The molecule has 0 aromatic carbocycles. The van der Waals surface area contributed by atoms with Gasteiger partial charge in [-0.15, -0.1) is 0 Å². The van der Waals surface area contributed by atoms with E-state index in [4.69, 9.17) is 10.6 Å². The first-order valence-corrected chi connectivity index (χ1v) is 4.07. The van der Waals surface area contributed by atoms with Crippen molar-refractivity contribution in [3.8, 4) is 0 Å². The molecule has 2 N–H and O–H groups in total. The summed E-state index contributed by atoms with van der Waals surface area (Å²) in [6.45, 7) is 0. The number of carboxylic acids is 1. The molecule has 6 heteroatoms. The molecular formula is C7H11N3O3. The molecule has 3 unspecified atom stereocenters. The highest BCUT2D eigenvalue weighted by Gasteiger charge is 2.33. The van der Waals surface area contributed by atoms with Gasteiger partial charge in [-0.25, -0.2) is 0 Å². The zero-order chi connectivity index (χ0) is 9.84. The Balaban J connectivity index is 2.50. The van der Waals surface area contributed by atoms with Gasteiger partial charge < -0.3 is 10.2 Å². The van der Waals surface area contributed by atoms with Crippen molar-refractivity contribution in [2.24, 2.45) is 11.0 Å². The summed E-state index contributed by atoms with van der Waals surface area (Å²) in [4.78, 5) is 13.0. The SMILES string of the molecule is [N-]=[N+]=NC1CC(O)C(CC(=O)O)C1. The molecule has 72 valence electrons. The van der Waals surface area contributed by atoms with Crippen molar-refractivity contribution in [2.75, 3.05) is 0 Å². The highest BCUT2D eigenvalue weighted by atomic mass is 16.4. The summed E-state index contributed by atoms with van der Waals surface area (Å²) in [5.41, 5.74) is 8.14. The second-order valence-corrected chi connectivity index (χ2v) is 3.26. The minimum atomic E-state index is -0.925. The third kappa shape index (κ3) is 2.61. The van der Waals surface area contributed by atoms with Gasteiger partial charge >= 0.3 is 5.97 Å². The van der Waals surface area contributed by atoms with E-state index in [0.717, 1.165) is 0 Å². The molecule has 0 radical (unpaired) electrons. The lowest BCUT2D eigenvalue weighted by Crippen LogP contribution is -2.16. The Hall–Kier alpha value is -1.26. The predicted octanol–water partition coefficient (Wildman–Crippen LogP) is 0.911. The van der Waals surface area contributed by atoms with Crippen LogP contribution in [0.3, 0.4) is 0 Å². The second kappa shape index (κ2) is 4.11. The number of aliphatic hydroxyl groups is 1. The summed E-state index contributed by atoms with van der Waals surface area (Å²) in [7, 11) is 0. The summed E-state index contributed by atoms with van der Waals surface area (Å²) in [6, 6.07) is -0.246. The van der Waals surface area contributed by atoms with Crippen molar-refractivity contribution in [1.82, 2.24) is 0 Å². The van der Waals surface area contributed by atoms with Crippen molar-refractivity contribution < 1.29 is 15.0 Å². The van der Waals surface area contributed by atoms with E-state index in [1.54, 1.807) is 0 Å². The van der Waals surface area contributed by atoms with Gasteiger partial charge in [-0.2, -0.15) is 0 Å². The van der Waals surface area contributed by atoms with E-state index >= 15 is 0 Å². The first kappa shape index (κ1) is 9.83. The number of aliphatic carboxylic acids is 1.